The van der Waals surface area contributed by atoms with E-state index in [-0.39, 0.29) is 23.6 Å². The molecular formula is C32H30FN3O7. The van der Waals surface area contributed by atoms with Crippen molar-refractivity contribution in [2.24, 2.45) is 0 Å². The summed E-state index contributed by atoms with van der Waals surface area (Å²) in [5.41, 5.74) is 6.37. The fraction of sp³-hybridized carbons (Fsp3) is 0.156. The predicted molar refractivity (Wildman–Crippen MR) is 157 cm³/mol. The Morgan fingerprint density at radius 2 is 1.26 bits per heavy atom. The molecule has 0 saturated heterocycles. The highest BCUT2D eigenvalue weighted by Crippen LogP contribution is 2.41. The largest absolute Gasteiger partial charge is 0.497 e. The van der Waals surface area contributed by atoms with Crippen molar-refractivity contribution >= 4 is 23.4 Å². The van der Waals surface area contributed by atoms with E-state index in [0.717, 1.165) is 11.6 Å². The second kappa shape index (κ2) is 13.9. The van der Waals surface area contributed by atoms with E-state index in [1.807, 2.05) is 12.1 Å². The van der Waals surface area contributed by atoms with Crippen LogP contribution in [-0.4, -0.2) is 46.2 Å². The van der Waals surface area contributed by atoms with Crippen LogP contribution in [0.25, 0.3) is 0 Å². The van der Waals surface area contributed by atoms with Crippen LogP contribution in [0, 0.1) is 5.82 Å². The first kappa shape index (κ1) is 30.4. The van der Waals surface area contributed by atoms with Gasteiger partial charge in [0.2, 0.25) is 5.75 Å². The minimum atomic E-state index is -0.681. The normalized spacial score (nSPS) is 10.3. The van der Waals surface area contributed by atoms with Gasteiger partial charge < -0.3 is 23.8 Å². The number of amides is 3. The number of nitrogens with one attached hydrogen (secondary N) is 2. The van der Waals surface area contributed by atoms with Gasteiger partial charge in [-0.15, -0.1) is 0 Å². The molecule has 0 aliphatic rings. The van der Waals surface area contributed by atoms with Gasteiger partial charge in [0.05, 0.1) is 40.7 Å². The molecule has 0 unspecified atom stereocenters. The van der Waals surface area contributed by atoms with E-state index in [0.29, 0.717) is 34.2 Å². The van der Waals surface area contributed by atoms with Crippen molar-refractivity contribution in [3.05, 3.63) is 113 Å². The summed E-state index contributed by atoms with van der Waals surface area (Å²) in [5.74, 6) is -0.444. The van der Waals surface area contributed by atoms with Crippen molar-refractivity contribution in [2.75, 3.05) is 33.3 Å². The van der Waals surface area contributed by atoms with Crippen LogP contribution in [0.15, 0.2) is 84.9 Å². The Balaban J connectivity index is 1.58. The molecule has 43 heavy (non-hydrogen) atoms. The van der Waals surface area contributed by atoms with Crippen LogP contribution in [0.4, 0.5) is 10.1 Å². The topological polar surface area (TPSA) is 115 Å². The summed E-state index contributed by atoms with van der Waals surface area (Å²) in [4.78, 5) is 40.3. The molecule has 0 atom stereocenters. The minimum Gasteiger partial charge on any atom is -0.497 e. The molecule has 0 saturated carbocycles. The van der Waals surface area contributed by atoms with E-state index in [1.54, 1.807) is 36.3 Å². The number of ether oxygens (including phenoxy) is 4. The summed E-state index contributed by atoms with van der Waals surface area (Å²) in [6.07, 6.45) is 0. The van der Waals surface area contributed by atoms with Gasteiger partial charge in [-0.25, -0.2) is 4.39 Å². The van der Waals surface area contributed by atoms with Crippen molar-refractivity contribution in [3.8, 4) is 23.0 Å². The van der Waals surface area contributed by atoms with Gasteiger partial charge in [-0.1, -0.05) is 18.2 Å². The van der Waals surface area contributed by atoms with Crippen molar-refractivity contribution in [2.45, 2.75) is 6.54 Å². The van der Waals surface area contributed by atoms with E-state index in [9.17, 15) is 18.8 Å². The van der Waals surface area contributed by atoms with E-state index >= 15 is 0 Å². The first-order chi connectivity index (χ1) is 20.8. The number of carbonyl (C=O) groups is 3. The fourth-order valence-electron chi connectivity index (χ4n) is 4.22. The highest BCUT2D eigenvalue weighted by Gasteiger charge is 2.23. The third kappa shape index (κ3) is 7.20. The van der Waals surface area contributed by atoms with Gasteiger partial charge in [-0.3, -0.25) is 25.2 Å². The SMILES string of the molecule is COc1ccc(CN(C(=O)c2ccc(C(=O)NNC(=O)c3cccc(F)c3)cc2)c2cc(OC)c(OC)c(OC)c2)cc1. The molecule has 0 radical (unpaired) electrons. The zero-order valence-corrected chi connectivity index (χ0v) is 24.0. The Bertz CT molecular complexity index is 1580. The third-order valence-electron chi connectivity index (χ3n) is 6.48. The molecule has 4 aromatic carbocycles. The average molecular weight is 588 g/mol. The van der Waals surface area contributed by atoms with Crippen LogP contribution >= 0.6 is 0 Å². The molecule has 2 N–H and O–H groups in total. The Morgan fingerprint density at radius 1 is 0.674 bits per heavy atom. The third-order valence-corrected chi connectivity index (χ3v) is 6.48. The Morgan fingerprint density at radius 3 is 1.79 bits per heavy atom. The van der Waals surface area contributed by atoms with E-state index in [1.165, 1.54) is 63.8 Å². The molecule has 0 heterocycles. The second-order valence-corrected chi connectivity index (χ2v) is 9.12. The van der Waals surface area contributed by atoms with E-state index in [2.05, 4.69) is 10.9 Å². The van der Waals surface area contributed by atoms with Crippen LogP contribution in [0.1, 0.15) is 36.6 Å². The van der Waals surface area contributed by atoms with Crippen molar-refractivity contribution in [1.29, 1.82) is 0 Å². The molecule has 10 nitrogen and oxygen atoms in total. The second-order valence-electron chi connectivity index (χ2n) is 9.12. The minimum absolute atomic E-state index is 0.0463. The lowest BCUT2D eigenvalue weighted by Crippen LogP contribution is -2.41. The van der Waals surface area contributed by atoms with Gasteiger partial charge in [0, 0.05) is 28.8 Å². The smallest absolute Gasteiger partial charge is 0.269 e. The molecule has 0 fully saturated rings. The summed E-state index contributed by atoms with van der Waals surface area (Å²) in [5, 5.41) is 0. The maximum absolute atomic E-state index is 13.9. The summed E-state index contributed by atoms with van der Waals surface area (Å²) >= 11 is 0. The van der Waals surface area contributed by atoms with E-state index < -0.39 is 17.6 Å². The fourth-order valence-corrected chi connectivity index (χ4v) is 4.22. The molecule has 0 spiro atoms. The van der Waals surface area contributed by atoms with Gasteiger partial charge in [-0.2, -0.15) is 0 Å². The molecule has 0 aliphatic heterocycles. The number of hydrazine groups is 1. The van der Waals surface area contributed by atoms with Crippen LogP contribution in [0.2, 0.25) is 0 Å². The summed E-state index contributed by atoms with van der Waals surface area (Å²) < 4.78 is 35.1. The summed E-state index contributed by atoms with van der Waals surface area (Å²) in [6, 6.07) is 21.6. The molecule has 3 amide bonds. The molecule has 222 valence electrons. The molecule has 4 rings (SSSR count). The van der Waals surface area contributed by atoms with Crippen molar-refractivity contribution in [1.82, 2.24) is 10.9 Å². The van der Waals surface area contributed by atoms with Crippen molar-refractivity contribution < 1.29 is 37.7 Å². The lowest BCUT2D eigenvalue weighted by Gasteiger charge is -2.25. The quantitative estimate of drug-likeness (QED) is 0.257. The van der Waals surface area contributed by atoms with Crippen molar-refractivity contribution in [3.63, 3.8) is 0 Å². The standard InChI is InChI=1S/C32H30FN3O7/c1-40-26-14-8-20(9-15-26)19-36(25-17-27(41-2)29(43-4)28(18-25)42-3)32(39)22-12-10-21(11-13-22)30(37)34-35-31(38)23-6-5-7-24(33)16-23/h5-18H,19H2,1-4H3,(H,34,37)(H,35,38). The Hall–Kier alpha value is -5.58. The average Bonchev–Trinajstić information content (AvgIpc) is 3.05. The van der Waals surface area contributed by atoms with Gasteiger partial charge in [-0.05, 0) is 60.2 Å². The first-order valence-corrected chi connectivity index (χ1v) is 13.0. The molecular weight excluding hydrogens is 557 g/mol. The first-order valence-electron chi connectivity index (χ1n) is 13.0. The van der Waals surface area contributed by atoms with Gasteiger partial charge in [0.15, 0.2) is 11.5 Å². The number of hydrogen-bond acceptors (Lipinski definition) is 7. The molecule has 0 aromatic heterocycles. The number of methoxy groups -OCH3 is 4. The highest BCUT2D eigenvalue weighted by molar-refractivity contribution is 6.07. The van der Waals surface area contributed by atoms with Crippen LogP contribution in [0.3, 0.4) is 0 Å². The highest BCUT2D eigenvalue weighted by atomic mass is 19.1. The van der Waals surface area contributed by atoms with Crippen LogP contribution in [-0.2, 0) is 6.54 Å². The number of rotatable bonds is 10. The molecule has 0 aliphatic carbocycles. The maximum atomic E-state index is 13.9. The van der Waals surface area contributed by atoms with Crippen LogP contribution in [0.5, 0.6) is 23.0 Å². The lowest BCUT2D eigenvalue weighted by atomic mass is 10.1. The number of halogens is 1. The molecule has 4 aromatic rings. The predicted octanol–water partition coefficient (Wildman–Crippen LogP) is 4.78. The lowest BCUT2D eigenvalue weighted by molar-refractivity contribution is 0.0846. The zero-order chi connectivity index (χ0) is 30.9. The molecule has 11 heteroatoms. The number of anilines is 1. The van der Waals surface area contributed by atoms with Gasteiger partial charge in [0.25, 0.3) is 17.7 Å². The number of hydrogen-bond donors (Lipinski definition) is 2. The van der Waals surface area contributed by atoms with E-state index in [4.69, 9.17) is 18.9 Å². The molecule has 0 bridgehead atoms. The van der Waals surface area contributed by atoms with Gasteiger partial charge >= 0.3 is 0 Å². The Kier molecular flexibility index (Phi) is 9.79. The monoisotopic (exact) mass is 587 g/mol. The zero-order valence-electron chi connectivity index (χ0n) is 24.0. The summed E-state index contributed by atoms with van der Waals surface area (Å²) in [7, 11) is 6.04. The number of nitrogens with zero attached hydrogens (tertiary/aromatic N) is 1. The number of benzene rings is 4. The van der Waals surface area contributed by atoms with Gasteiger partial charge in [0.1, 0.15) is 11.6 Å². The maximum Gasteiger partial charge on any atom is 0.269 e. The van der Waals surface area contributed by atoms with Crippen LogP contribution < -0.4 is 34.7 Å². The number of carbonyl (C=O) groups excluding carboxylic acids is 3. The summed E-state index contributed by atoms with van der Waals surface area (Å²) in [6.45, 7) is 0.190. The Labute approximate surface area is 247 Å².